The van der Waals surface area contributed by atoms with Crippen molar-refractivity contribution < 1.29 is 58.2 Å². The molecule has 378 valence electrons. The number of carboxylic acid groups (broad SMARTS) is 1. The summed E-state index contributed by atoms with van der Waals surface area (Å²) in [5, 5.41) is 35.3. The van der Waals surface area contributed by atoms with E-state index in [-0.39, 0.29) is 37.3 Å². The van der Waals surface area contributed by atoms with Gasteiger partial charge < -0.3 is 68.4 Å². The third-order valence-corrected chi connectivity index (χ3v) is 12.7. The second-order valence-electron chi connectivity index (χ2n) is 16.9. The van der Waals surface area contributed by atoms with Crippen molar-refractivity contribution in [3.05, 3.63) is 71.9 Å². The number of hydrogen-bond donors (Lipinski definition) is 13. The SMILES string of the molecule is NC(=O)C[C@H](NC(=O)[C@H](CO)NC(=O)[C@H](Cc1ccccc1)NC(=O)[C@@H]1CCCN1C(=O)CNC(=O)[C@@H]1CCCN1C(=O)[C@@H](N)CS)C(=O)N[C@@H](Cc1c[nH]c2ccccc12)C(=O)N[C@@H](CS)C(=O)O. The zero-order valence-electron chi connectivity index (χ0n) is 38.0. The lowest BCUT2D eigenvalue weighted by molar-refractivity contribution is -0.141. The third-order valence-electron chi connectivity index (χ3n) is 11.9. The van der Waals surface area contributed by atoms with Crippen LogP contribution in [0.25, 0.3) is 10.9 Å². The van der Waals surface area contributed by atoms with Gasteiger partial charge in [0.25, 0.3) is 0 Å². The number of carbonyl (C=O) groups is 10. The molecular weight excluding hydrogens is 951 g/mol. The lowest BCUT2D eigenvalue weighted by Gasteiger charge is -2.28. The first-order chi connectivity index (χ1) is 33.4. The quantitative estimate of drug-likeness (QED) is 0.0390. The molecule has 0 bridgehead atoms. The van der Waals surface area contributed by atoms with Crippen molar-refractivity contribution in [3.8, 4) is 0 Å². The molecule has 0 radical (unpaired) electrons. The molecule has 0 aliphatic carbocycles. The largest absolute Gasteiger partial charge is 0.480 e. The van der Waals surface area contributed by atoms with E-state index in [0.29, 0.717) is 47.8 Å². The molecule has 8 atom stereocenters. The van der Waals surface area contributed by atoms with Gasteiger partial charge in [-0.1, -0.05) is 48.5 Å². The molecular formula is C45H59N11O12S2. The van der Waals surface area contributed by atoms with Gasteiger partial charge in [0, 0.05) is 54.5 Å². The topological polar surface area (TPSA) is 358 Å². The fraction of sp³-hybridized carbons (Fsp3) is 0.467. The van der Waals surface area contributed by atoms with Gasteiger partial charge in [-0.25, -0.2) is 4.79 Å². The third kappa shape index (κ3) is 14.4. The second-order valence-corrected chi connectivity index (χ2v) is 17.6. The van der Waals surface area contributed by atoms with Crippen LogP contribution in [-0.2, 0) is 60.8 Å². The summed E-state index contributed by atoms with van der Waals surface area (Å²) in [7, 11) is 0. The highest BCUT2D eigenvalue weighted by Gasteiger charge is 2.39. The maximum atomic E-state index is 14.0. The van der Waals surface area contributed by atoms with E-state index >= 15 is 0 Å². The number of aromatic nitrogens is 1. The standard InChI is InChI=1S/C45H59N11O12S2/c46-27(22-69)44(66)56-15-7-12-34(56)42(64)49-20-37(59)55-14-6-13-35(55)43(65)52-29(16-24-8-2-1-3-9-24)38(60)53-32(21-57)41(63)51-31(18-36(47)58)40(62)50-30(39(61)54-33(23-70)45(67)68)17-25-19-48-28-11-5-4-10-26(25)28/h1-5,8-11,19,27,29-35,48,57,69-70H,6-7,12-18,20-23,46H2,(H2,47,58)(H,49,64)(H,50,62)(H,51,63)(H,52,65)(H,53,60)(H,54,61)(H,67,68)/t27-,29-,30-,31-,32-,33-,34-,35-/m0/s1. The van der Waals surface area contributed by atoms with Crippen molar-refractivity contribution in [2.24, 2.45) is 11.5 Å². The summed E-state index contributed by atoms with van der Waals surface area (Å²) in [6.45, 7) is -1.03. The highest BCUT2D eigenvalue weighted by Crippen LogP contribution is 2.22. The van der Waals surface area contributed by atoms with Crippen LogP contribution in [0.4, 0.5) is 0 Å². The van der Waals surface area contributed by atoms with Gasteiger partial charge in [0.2, 0.25) is 53.2 Å². The van der Waals surface area contributed by atoms with Gasteiger partial charge in [0.05, 0.1) is 25.6 Å². The molecule has 2 saturated heterocycles. The van der Waals surface area contributed by atoms with Gasteiger partial charge in [-0.05, 0) is 42.9 Å². The van der Waals surface area contributed by atoms with Gasteiger partial charge in [-0.2, -0.15) is 25.3 Å². The number of benzene rings is 2. The van der Waals surface area contributed by atoms with Crippen molar-refractivity contribution >= 4 is 95.3 Å². The molecule has 0 saturated carbocycles. The van der Waals surface area contributed by atoms with Crippen LogP contribution in [0.5, 0.6) is 0 Å². The molecule has 0 spiro atoms. The summed E-state index contributed by atoms with van der Waals surface area (Å²) < 4.78 is 0. The predicted molar refractivity (Wildman–Crippen MR) is 258 cm³/mol. The Hall–Kier alpha value is -6.70. The second kappa shape index (κ2) is 25.8. The van der Waals surface area contributed by atoms with E-state index < -0.39 is 127 Å². The molecule has 2 aromatic carbocycles. The minimum atomic E-state index is -1.78. The first-order valence-electron chi connectivity index (χ1n) is 22.5. The minimum absolute atomic E-state index is 0.0851. The molecule has 3 aromatic rings. The van der Waals surface area contributed by atoms with Crippen LogP contribution < -0.4 is 43.4 Å². The molecule has 3 heterocycles. The summed E-state index contributed by atoms with van der Waals surface area (Å²) in [6, 6.07) is 4.89. The van der Waals surface area contributed by atoms with E-state index in [1.165, 1.54) is 9.80 Å². The van der Waals surface area contributed by atoms with Gasteiger partial charge in [0.1, 0.15) is 42.3 Å². The molecule has 2 aliphatic rings. The summed E-state index contributed by atoms with van der Waals surface area (Å²) >= 11 is 8.06. The van der Waals surface area contributed by atoms with Crippen LogP contribution in [0.1, 0.15) is 43.2 Å². The Kier molecular flexibility index (Phi) is 20.0. The van der Waals surface area contributed by atoms with Gasteiger partial charge >= 0.3 is 5.97 Å². The highest BCUT2D eigenvalue weighted by atomic mass is 32.1. The van der Waals surface area contributed by atoms with Crippen molar-refractivity contribution in [1.29, 1.82) is 0 Å². The summed E-state index contributed by atoms with van der Waals surface area (Å²) in [5.74, 6) is -9.09. The molecule has 23 nitrogen and oxygen atoms in total. The fourth-order valence-electron chi connectivity index (χ4n) is 8.25. The number of amides is 9. The number of rotatable bonds is 24. The van der Waals surface area contributed by atoms with Crippen LogP contribution in [-0.4, -0.2) is 170 Å². The van der Waals surface area contributed by atoms with Gasteiger partial charge in [0.15, 0.2) is 0 Å². The number of carbonyl (C=O) groups excluding carboxylic acids is 9. The van der Waals surface area contributed by atoms with Crippen molar-refractivity contribution in [2.75, 3.05) is 37.7 Å². The Labute approximate surface area is 413 Å². The van der Waals surface area contributed by atoms with E-state index in [1.54, 1.807) is 60.8 Å². The molecule has 5 rings (SSSR count). The van der Waals surface area contributed by atoms with E-state index in [2.05, 4.69) is 62.1 Å². The Morgan fingerprint density at radius 1 is 0.686 bits per heavy atom. The number of aliphatic carboxylic acids is 1. The Morgan fingerprint density at radius 2 is 1.24 bits per heavy atom. The van der Waals surface area contributed by atoms with Crippen LogP contribution in [0.15, 0.2) is 60.8 Å². The van der Waals surface area contributed by atoms with Crippen molar-refractivity contribution in [3.63, 3.8) is 0 Å². The Morgan fingerprint density at radius 3 is 1.87 bits per heavy atom. The molecule has 13 N–H and O–H groups in total. The number of fused-ring (bicyclic) bond motifs is 1. The zero-order valence-corrected chi connectivity index (χ0v) is 39.8. The fourth-order valence-corrected chi connectivity index (χ4v) is 8.65. The van der Waals surface area contributed by atoms with E-state index in [9.17, 15) is 58.2 Å². The number of primary amides is 1. The van der Waals surface area contributed by atoms with Crippen LogP contribution in [0.2, 0.25) is 0 Å². The first-order valence-corrected chi connectivity index (χ1v) is 23.8. The Bertz CT molecular complexity index is 2410. The van der Waals surface area contributed by atoms with Crippen LogP contribution in [0.3, 0.4) is 0 Å². The van der Waals surface area contributed by atoms with Gasteiger partial charge in [-0.3, -0.25) is 43.2 Å². The monoisotopic (exact) mass is 1010 g/mol. The van der Waals surface area contributed by atoms with Crippen molar-refractivity contribution in [1.82, 2.24) is 46.7 Å². The average molecular weight is 1010 g/mol. The normalized spacial score (nSPS) is 18.1. The summed E-state index contributed by atoms with van der Waals surface area (Å²) in [4.78, 5) is 138. The molecule has 2 fully saturated rings. The molecule has 1 aromatic heterocycles. The number of nitrogens with two attached hydrogens (primary N) is 2. The summed E-state index contributed by atoms with van der Waals surface area (Å²) in [6.07, 6.45) is 2.05. The molecule has 2 aliphatic heterocycles. The molecule has 9 amide bonds. The van der Waals surface area contributed by atoms with E-state index in [0.717, 1.165) is 0 Å². The number of thiol groups is 2. The smallest absolute Gasteiger partial charge is 0.327 e. The number of nitrogens with one attached hydrogen (secondary N) is 7. The predicted octanol–water partition coefficient (Wildman–Crippen LogP) is -3.39. The number of hydrogen-bond acceptors (Lipinski definition) is 14. The average Bonchev–Trinajstić information content (AvgIpc) is 4.14. The minimum Gasteiger partial charge on any atom is -0.480 e. The maximum absolute atomic E-state index is 14.0. The van der Waals surface area contributed by atoms with Crippen LogP contribution in [0, 0.1) is 0 Å². The molecule has 70 heavy (non-hydrogen) atoms. The number of aliphatic hydroxyl groups excluding tert-OH is 1. The highest BCUT2D eigenvalue weighted by molar-refractivity contribution is 7.80. The Balaban J connectivity index is 1.27. The number of H-pyrrole nitrogens is 1. The first kappa shape index (κ1) is 54.2. The van der Waals surface area contributed by atoms with Crippen molar-refractivity contribution in [2.45, 2.75) is 93.3 Å². The van der Waals surface area contributed by atoms with E-state index in [4.69, 9.17) is 11.5 Å². The maximum Gasteiger partial charge on any atom is 0.327 e. The van der Waals surface area contributed by atoms with E-state index in [1.807, 2.05) is 0 Å². The number of likely N-dealkylation sites (tertiary alicyclic amines) is 2. The lowest BCUT2D eigenvalue weighted by Crippen LogP contribution is -2.61. The number of para-hydroxylation sites is 1. The number of aliphatic hydroxyl groups is 1. The number of aromatic amines is 1. The zero-order chi connectivity index (χ0) is 51.1. The van der Waals surface area contributed by atoms with Gasteiger partial charge in [-0.15, -0.1) is 0 Å². The molecule has 25 heteroatoms. The number of nitrogens with zero attached hydrogens (tertiary/aromatic N) is 2. The lowest BCUT2D eigenvalue weighted by atomic mass is 10.0. The summed E-state index contributed by atoms with van der Waals surface area (Å²) in [5.41, 5.74) is 13.1. The van der Waals surface area contributed by atoms with Crippen LogP contribution >= 0.6 is 25.3 Å². The molecule has 0 unspecified atom stereocenters. The number of carboxylic acids is 1.